The second-order valence-electron chi connectivity index (χ2n) is 6.31. The molecule has 0 spiro atoms. The summed E-state index contributed by atoms with van der Waals surface area (Å²) in [6.45, 7) is 4.10. The lowest BCUT2D eigenvalue weighted by Crippen LogP contribution is -2.47. The Morgan fingerprint density at radius 1 is 1.22 bits per heavy atom. The number of fused-ring (bicyclic) bond motifs is 1. The molecular formula is C18H24N2O3. The predicted octanol–water partition coefficient (Wildman–Crippen LogP) is 1.50. The minimum absolute atomic E-state index is 0.0106. The van der Waals surface area contributed by atoms with Gasteiger partial charge in [0, 0.05) is 44.8 Å². The number of esters is 1. The molecule has 1 unspecified atom stereocenters. The van der Waals surface area contributed by atoms with Gasteiger partial charge in [-0.05, 0) is 24.5 Å². The molecule has 1 atom stereocenters. The lowest BCUT2D eigenvalue weighted by Gasteiger charge is -2.35. The Hall–Kier alpha value is -1.88. The van der Waals surface area contributed by atoms with Gasteiger partial charge in [-0.2, -0.15) is 0 Å². The van der Waals surface area contributed by atoms with Crippen molar-refractivity contribution in [2.24, 2.45) is 5.92 Å². The van der Waals surface area contributed by atoms with Crippen LogP contribution in [-0.2, 0) is 20.7 Å². The molecule has 2 aliphatic heterocycles. The number of para-hydroxylation sites is 1. The van der Waals surface area contributed by atoms with E-state index < -0.39 is 11.9 Å². The van der Waals surface area contributed by atoms with Crippen LogP contribution in [-0.4, -0.2) is 56.5 Å². The third-order valence-corrected chi connectivity index (χ3v) is 4.88. The number of methoxy groups -OCH3 is 1. The van der Waals surface area contributed by atoms with Crippen LogP contribution in [0.2, 0.25) is 0 Å². The van der Waals surface area contributed by atoms with Crippen molar-refractivity contribution >= 4 is 17.4 Å². The molecule has 1 aromatic carbocycles. The number of benzene rings is 1. The van der Waals surface area contributed by atoms with Crippen LogP contribution in [0.3, 0.4) is 0 Å². The molecule has 23 heavy (non-hydrogen) atoms. The van der Waals surface area contributed by atoms with Gasteiger partial charge in [0.25, 0.3) is 0 Å². The molecule has 3 rings (SSSR count). The number of ether oxygens (including phenoxy) is 1. The van der Waals surface area contributed by atoms with E-state index in [2.05, 4.69) is 34.1 Å². The van der Waals surface area contributed by atoms with Crippen LogP contribution >= 0.6 is 0 Å². The molecule has 0 aromatic heterocycles. The number of aryl methyl sites for hydroxylation is 1. The molecule has 5 heteroatoms. The Morgan fingerprint density at radius 3 is 2.87 bits per heavy atom. The molecule has 0 amide bonds. The maximum Gasteiger partial charge on any atom is 0.317 e. The van der Waals surface area contributed by atoms with Gasteiger partial charge in [-0.1, -0.05) is 18.2 Å². The van der Waals surface area contributed by atoms with Gasteiger partial charge in [0.05, 0.1) is 7.11 Å². The number of likely N-dealkylation sites (tertiary alicyclic amines) is 1. The summed E-state index contributed by atoms with van der Waals surface area (Å²) in [7, 11) is 1.35. The van der Waals surface area contributed by atoms with Gasteiger partial charge >= 0.3 is 5.97 Å². The fraction of sp³-hybridized carbons (Fsp3) is 0.556. The maximum absolute atomic E-state index is 11.9. The van der Waals surface area contributed by atoms with Gasteiger partial charge in [0.1, 0.15) is 11.7 Å². The zero-order valence-electron chi connectivity index (χ0n) is 13.7. The van der Waals surface area contributed by atoms with Gasteiger partial charge in [-0.15, -0.1) is 0 Å². The molecule has 0 radical (unpaired) electrons. The predicted molar refractivity (Wildman–Crippen MR) is 88.5 cm³/mol. The Labute approximate surface area is 137 Å². The topological polar surface area (TPSA) is 49.9 Å². The average Bonchev–Trinajstić information content (AvgIpc) is 2.60. The van der Waals surface area contributed by atoms with Gasteiger partial charge in [0.15, 0.2) is 0 Å². The number of rotatable bonds is 4. The highest BCUT2D eigenvalue weighted by Gasteiger charge is 2.33. The van der Waals surface area contributed by atoms with Crippen LogP contribution in [0.1, 0.15) is 18.4 Å². The summed E-state index contributed by atoms with van der Waals surface area (Å²) >= 11 is 0. The van der Waals surface area contributed by atoms with E-state index in [4.69, 9.17) is 4.74 Å². The molecule has 124 valence electrons. The molecule has 1 saturated heterocycles. The van der Waals surface area contributed by atoms with Crippen molar-refractivity contribution in [3.05, 3.63) is 29.8 Å². The number of nitrogens with zero attached hydrogens (tertiary/aromatic N) is 2. The molecule has 0 saturated carbocycles. The van der Waals surface area contributed by atoms with Crippen LogP contribution in [0, 0.1) is 5.92 Å². The van der Waals surface area contributed by atoms with E-state index in [9.17, 15) is 9.59 Å². The lowest BCUT2D eigenvalue weighted by atomic mass is 9.96. The second kappa shape index (κ2) is 7.13. The summed E-state index contributed by atoms with van der Waals surface area (Å²) in [6.07, 6.45) is 2.77. The molecule has 1 fully saturated rings. The van der Waals surface area contributed by atoms with E-state index in [1.54, 1.807) is 0 Å². The van der Waals surface area contributed by atoms with Crippen molar-refractivity contribution in [2.75, 3.05) is 44.7 Å². The number of hydrogen-bond acceptors (Lipinski definition) is 5. The number of ketones is 1. The first-order valence-electron chi connectivity index (χ1n) is 8.35. The van der Waals surface area contributed by atoms with Gasteiger partial charge in [0.2, 0.25) is 0 Å². The first-order chi connectivity index (χ1) is 11.2. The van der Waals surface area contributed by atoms with Crippen LogP contribution in [0.4, 0.5) is 5.69 Å². The lowest BCUT2D eigenvalue weighted by molar-refractivity contribution is -0.151. The van der Waals surface area contributed by atoms with Gasteiger partial charge < -0.3 is 9.64 Å². The van der Waals surface area contributed by atoms with Crippen LogP contribution in [0.15, 0.2) is 24.3 Å². The van der Waals surface area contributed by atoms with Gasteiger partial charge in [-0.25, -0.2) is 0 Å². The summed E-state index contributed by atoms with van der Waals surface area (Å²) in [4.78, 5) is 28.2. The van der Waals surface area contributed by atoms with Crippen molar-refractivity contribution in [1.82, 2.24) is 4.90 Å². The molecule has 0 aliphatic carbocycles. The molecular weight excluding hydrogens is 292 g/mol. The summed E-state index contributed by atoms with van der Waals surface area (Å²) in [5.74, 6) is -0.998. The number of anilines is 1. The number of hydrogen-bond donors (Lipinski definition) is 0. The minimum atomic E-state index is -0.609. The van der Waals surface area contributed by atoms with Crippen molar-refractivity contribution in [3.63, 3.8) is 0 Å². The zero-order valence-corrected chi connectivity index (χ0v) is 13.7. The third-order valence-electron chi connectivity index (χ3n) is 4.88. The van der Waals surface area contributed by atoms with E-state index in [1.165, 1.54) is 24.8 Å². The number of carbonyl (C=O) groups excluding carboxylic acids is 2. The standard InChI is InChI=1S/C18H24N2O3/c1-23-18(22)15-13-19(10-8-17(15)21)11-12-20-9-4-6-14-5-2-3-7-16(14)20/h2-3,5,7,15H,4,6,8-13H2,1H3. The molecule has 2 aliphatic rings. The number of carbonyl (C=O) groups is 2. The molecule has 1 aromatic rings. The van der Waals surface area contributed by atoms with E-state index in [0.29, 0.717) is 13.0 Å². The Kier molecular flexibility index (Phi) is 4.96. The minimum Gasteiger partial charge on any atom is -0.468 e. The van der Waals surface area contributed by atoms with Crippen molar-refractivity contribution in [3.8, 4) is 0 Å². The molecule has 0 N–H and O–H groups in total. The first-order valence-corrected chi connectivity index (χ1v) is 8.35. The largest absolute Gasteiger partial charge is 0.468 e. The monoisotopic (exact) mass is 316 g/mol. The summed E-state index contributed by atoms with van der Waals surface area (Å²) < 4.78 is 4.75. The highest BCUT2D eigenvalue weighted by atomic mass is 16.5. The average molecular weight is 316 g/mol. The molecule has 2 heterocycles. The Morgan fingerprint density at radius 2 is 2.04 bits per heavy atom. The number of piperidine rings is 1. The first kappa shape index (κ1) is 16.0. The van der Waals surface area contributed by atoms with E-state index in [0.717, 1.165) is 32.6 Å². The summed E-state index contributed by atoms with van der Waals surface area (Å²) in [6, 6.07) is 8.57. The van der Waals surface area contributed by atoms with Crippen LogP contribution in [0.5, 0.6) is 0 Å². The fourth-order valence-electron chi connectivity index (χ4n) is 3.55. The highest BCUT2D eigenvalue weighted by molar-refractivity contribution is 5.99. The normalized spacial score (nSPS) is 21.9. The smallest absolute Gasteiger partial charge is 0.317 e. The quantitative estimate of drug-likeness (QED) is 0.622. The van der Waals surface area contributed by atoms with Crippen LogP contribution < -0.4 is 4.90 Å². The van der Waals surface area contributed by atoms with E-state index in [1.807, 2.05) is 0 Å². The third kappa shape index (κ3) is 3.55. The van der Waals surface area contributed by atoms with Crippen molar-refractivity contribution in [2.45, 2.75) is 19.3 Å². The fourth-order valence-corrected chi connectivity index (χ4v) is 3.55. The zero-order chi connectivity index (χ0) is 16.2. The van der Waals surface area contributed by atoms with Crippen molar-refractivity contribution < 1.29 is 14.3 Å². The molecule has 5 nitrogen and oxygen atoms in total. The maximum atomic E-state index is 11.9. The summed E-state index contributed by atoms with van der Waals surface area (Å²) in [5.41, 5.74) is 2.75. The SMILES string of the molecule is COC(=O)C1CN(CCN2CCCc3ccccc32)CCC1=O. The summed E-state index contributed by atoms with van der Waals surface area (Å²) in [5, 5.41) is 0. The van der Waals surface area contributed by atoms with Crippen molar-refractivity contribution in [1.29, 1.82) is 0 Å². The van der Waals surface area contributed by atoms with Crippen LogP contribution in [0.25, 0.3) is 0 Å². The number of Topliss-reactive ketones (excluding diaryl/α,β-unsaturated/α-hetero) is 1. The van der Waals surface area contributed by atoms with E-state index >= 15 is 0 Å². The van der Waals surface area contributed by atoms with Gasteiger partial charge in [-0.3, -0.25) is 14.5 Å². The van der Waals surface area contributed by atoms with E-state index in [-0.39, 0.29) is 5.78 Å². The highest BCUT2D eigenvalue weighted by Crippen LogP contribution is 2.26. The second-order valence-corrected chi connectivity index (χ2v) is 6.31. The molecule has 0 bridgehead atoms. The Balaban J connectivity index is 1.59. The Bertz CT molecular complexity index is 579.